The number of esters is 4. The van der Waals surface area contributed by atoms with Gasteiger partial charge in [-0.25, -0.2) is 4.68 Å². The molecule has 7 atom stereocenters. The van der Waals surface area contributed by atoms with Crippen molar-refractivity contribution in [2.75, 3.05) is 25.5 Å². The van der Waals surface area contributed by atoms with Crippen LogP contribution in [0.2, 0.25) is 0 Å². The second-order valence-corrected chi connectivity index (χ2v) is 12.2. The molecule has 2 amide bonds. The molecule has 1 saturated heterocycles. The lowest BCUT2D eigenvalue weighted by Gasteiger charge is -2.44. The highest BCUT2D eigenvalue weighted by atomic mass is 32.2. The van der Waals surface area contributed by atoms with E-state index in [1.807, 2.05) is 0 Å². The van der Waals surface area contributed by atoms with Crippen LogP contribution in [-0.4, -0.2) is 141 Å². The molecule has 1 aliphatic rings. The molecular formula is C29H42N6O16S. The average Bonchev–Trinajstić information content (AvgIpc) is 3.50. The van der Waals surface area contributed by atoms with Crippen molar-refractivity contribution in [1.29, 1.82) is 0 Å². The Morgan fingerprint density at radius 3 is 2.19 bits per heavy atom. The molecule has 1 aliphatic heterocycles. The highest BCUT2D eigenvalue weighted by molar-refractivity contribution is 7.98. The zero-order chi connectivity index (χ0) is 39.0. The molecular weight excluding hydrogens is 720 g/mol. The summed E-state index contributed by atoms with van der Waals surface area (Å²) in [6, 6.07) is -2.44. The predicted octanol–water partition coefficient (Wildman–Crippen LogP) is -2.51. The largest absolute Gasteiger partial charge is 0.480 e. The molecule has 0 aromatic carbocycles. The SMILES string of the molecule is CC(=O)OC[C@H]1O[C@H](OCCn2cc(CSC[C@H](NC(=O)CC[C@H](N)C(=O)O)C(=O)NCC(=O)O)nn2)[C@@H](OC(C)=O)[C@@H](OC(C)=O)[C@@H]1OC(C)=O. The van der Waals surface area contributed by atoms with Gasteiger partial charge in [0.2, 0.25) is 11.8 Å². The van der Waals surface area contributed by atoms with E-state index in [2.05, 4.69) is 20.9 Å². The van der Waals surface area contributed by atoms with Crippen LogP contribution in [0.3, 0.4) is 0 Å². The summed E-state index contributed by atoms with van der Waals surface area (Å²) in [6.07, 6.45) is -5.64. The minimum atomic E-state index is -1.41. The van der Waals surface area contributed by atoms with Gasteiger partial charge in [-0.15, -0.1) is 5.10 Å². The number of aromatic nitrogens is 3. The Hall–Kier alpha value is -4.87. The summed E-state index contributed by atoms with van der Waals surface area (Å²) >= 11 is 1.16. The number of nitrogens with one attached hydrogen (secondary N) is 2. The van der Waals surface area contributed by atoms with Gasteiger partial charge in [-0.2, -0.15) is 11.8 Å². The summed E-state index contributed by atoms with van der Waals surface area (Å²) < 4.78 is 34.2. The lowest BCUT2D eigenvalue weighted by molar-refractivity contribution is -0.308. The van der Waals surface area contributed by atoms with Crippen molar-refractivity contribution in [3.8, 4) is 0 Å². The van der Waals surface area contributed by atoms with Gasteiger partial charge in [0.15, 0.2) is 24.6 Å². The molecule has 2 heterocycles. The van der Waals surface area contributed by atoms with Crippen LogP contribution in [0.4, 0.5) is 0 Å². The predicted molar refractivity (Wildman–Crippen MR) is 172 cm³/mol. The molecule has 23 heteroatoms. The number of nitrogens with two attached hydrogens (primary N) is 1. The van der Waals surface area contributed by atoms with E-state index in [4.69, 9.17) is 44.4 Å². The number of rotatable bonds is 21. The molecule has 1 aromatic rings. The molecule has 0 radical (unpaired) electrons. The summed E-state index contributed by atoms with van der Waals surface area (Å²) in [5.41, 5.74) is 5.86. The van der Waals surface area contributed by atoms with Gasteiger partial charge < -0.3 is 55.0 Å². The molecule has 0 unspecified atom stereocenters. The molecule has 0 spiro atoms. The zero-order valence-corrected chi connectivity index (χ0v) is 29.5. The average molecular weight is 763 g/mol. The van der Waals surface area contributed by atoms with Crippen molar-refractivity contribution in [2.45, 2.75) is 95.6 Å². The van der Waals surface area contributed by atoms with Gasteiger partial charge in [0.25, 0.3) is 0 Å². The summed E-state index contributed by atoms with van der Waals surface area (Å²) in [6.45, 7) is 3.26. The summed E-state index contributed by atoms with van der Waals surface area (Å²) in [4.78, 5) is 94.1. The van der Waals surface area contributed by atoms with Gasteiger partial charge >= 0.3 is 35.8 Å². The summed E-state index contributed by atoms with van der Waals surface area (Å²) in [5, 5.41) is 30.5. The fourth-order valence-electron chi connectivity index (χ4n) is 4.53. The van der Waals surface area contributed by atoms with Gasteiger partial charge in [0, 0.05) is 51.8 Å². The van der Waals surface area contributed by atoms with Crippen molar-refractivity contribution < 1.29 is 77.0 Å². The maximum Gasteiger partial charge on any atom is 0.322 e. The maximum atomic E-state index is 12.6. The third-order valence-corrected chi connectivity index (χ3v) is 7.81. The number of thioether (sulfide) groups is 1. The number of amides is 2. The molecule has 22 nitrogen and oxygen atoms in total. The molecule has 290 valence electrons. The van der Waals surface area contributed by atoms with E-state index in [1.54, 1.807) is 6.20 Å². The number of carboxylic acids is 2. The van der Waals surface area contributed by atoms with Gasteiger partial charge in [-0.05, 0) is 6.42 Å². The van der Waals surface area contributed by atoms with Gasteiger partial charge in [0.1, 0.15) is 31.3 Å². The van der Waals surface area contributed by atoms with Gasteiger partial charge in [-0.1, -0.05) is 5.21 Å². The van der Waals surface area contributed by atoms with Gasteiger partial charge in [0.05, 0.1) is 18.8 Å². The Morgan fingerprint density at radius 1 is 0.962 bits per heavy atom. The first-order valence-corrected chi connectivity index (χ1v) is 16.8. The summed E-state index contributed by atoms with van der Waals surface area (Å²) in [7, 11) is 0. The molecule has 52 heavy (non-hydrogen) atoms. The monoisotopic (exact) mass is 762 g/mol. The Morgan fingerprint density at radius 2 is 1.60 bits per heavy atom. The van der Waals surface area contributed by atoms with Crippen LogP contribution in [0.5, 0.6) is 0 Å². The Bertz CT molecular complexity index is 1440. The number of carbonyl (C=O) groups excluding carboxylic acids is 6. The van der Waals surface area contributed by atoms with E-state index in [9.17, 15) is 38.4 Å². The molecule has 1 fully saturated rings. The molecule has 0 aliphatic carbocycles. The van der Waals surface area contributed by atoms with Crippen molar-refractivity contribution >= 4 is 59.4 Å². The van der Waals surface area contributed by atoms with Crippen LogP contribution < -0.4 is 16.4 Å². The highest BCUT2D eigenvalue weighted by Crippen LogP contribution is 2.30. The number of nitrogens with zero attached hydrogens (tertiary/aromatic N) is 3. The number of carboxylic acid groups (broad SMARTS) is 2. The molecule has 2 rings (SSSR count). The fraction of sp³-hybridized carbons (Fsp3) is 0.655. The van der Waals surface area contributed by atoms with Crippen molar-refractivity contribution in [1.82, 2.24) is 25.6 Å². The van der Waals surface area contributed by atoms with E-state index in [-0.39, 0.29) is 37.5 Å². The van der Waals surface area contributed by atoms with Crippen molar-refractivity contribution in [3.05, 3.63) is 11.9 Å². The smallest absolute Gasteiger partial charge is 0.322 e. The van der Waals surface area contributed by atoms with Crippen LogP contribution in [0.15, 0.2) is 6.20 Å². The molecule has 0 saturated carbocycles. The first kappa shape index (κ1) is 43.3. The van der Waals surface area contributed by atoms with E-state index in [1.165, 1.54) is 4.68 Å². The molecule has 6 N–H and O–H groups in total. The first-order chi connectivity index (χ1) is 24.5. The van der Waals surface area contributed by atoms with Crippen molar-refractivity contribution in [2.24, 2.45) is 5.73 Å². The zero-order valence-electron chi connectivity index (χ0n) is 28.7. The van der Waals surface area contributed by atoms with Crippen molar-refractivity contribution in [3.63, 3.8) is 0 Å². The standard InChI is InChI=1S/C29H42N6O16S/c1-14(36)47-11-21-24(48-15(2)37)25(49-16(3)38)26(50-17(4)39)29(51-21)46-8-7-35-10-18(33-34-35)12-52-13-20(27(43)31-9-23(41)42)32-22(40)6-5-19(30)28(44)45/h10,19-21,24-26,29H,5-9,11-13,30H2,1-4H3,(H,31,43)(H,32,40)(H,41,42)(H,44,45)/t19-,20-,21+,24+,25-,26-,29-/m0/s1. The Labute approximate surface area is 300 Å². The minimum Gasteiger partial charge on any atom is -0.480 e. The third-order valence-electron chi connectivity index (χ3n) is 6.74. The molecule has 0 bridgehead atoms. The number of aliphatic carboxylic acids is 2. The highest BCUT2D eigenvalue weighted by Gasteiger charge is 2.52. The van der Waals surface area contributed by atoms with Crippen LogP contribution >= 0.6 is 11.8 Å². The van der Waals surface area contributed by atoms with Crippen LogP contribution in [0.1, 0.15) is 46.2 Å². The van der Waals surface area contributed by atoms with E-state index in [0.29, 0.717) is 5.69 Å². The van der Waals surface area contributed by atoms with Crippen LogP contribution in [-0.2, 0) is 79.1 Å². The summed E-state index contributed by atoms with van der Waals surface area (Å²) in [5.74, 6) is -6.87. The second kappa shape index (κ2) is 21.5. The number of hydrogen-bond acceptors (Lipinski definition) is 18. The number of ether oxygens (including phenoxy) is 6. The second-order valence-electron chi connectivity index (χ2n) is 11.1. The van der Waals surface area contributed by atoms with Crippen LogP contribution in [0.25, 0.3) is 0 Å². The molecule has 1 aromatic heterocycles. The maximum absolute atomic E-state index is 12.6. The van der Waals surface area contributed by atoms with Crippen LogP contribution in [0, 0.1) is 0 Å². The minimum absolute atomic E-state index is 0.0128. The Kier molecular flexibility index (Phi) is 17.9. The first-order valence-electron chi connectivity index (χ1n) is 15.6. The fourth-order valence-corrected chi connectivity index (χ4v) is 5.46. The van der Waals surface area contributed by atoms with E-state index in [0.717, 1.165) is 39.5 Å². The van der Waals surface area contributed by atoms with Gasteiger partial charge in [-0.3, -0.25) is 38.4 Å². The topological polar surface area (TPSA) is 313 Å². The quantitative estimate of drug-likeness (QED) is 0.0638. The normalized spacial score (nSPS) is 20.8. The number of hydrogen-bond donors (Lipinski definition) is 5. The Balaban J connectivity index is 2.07. The lowest BCUT2D eigenvalue weighted by Crippen LogP contribution is -2.63. The third kappa shape index (κ3) is 15.6. The lowest BCUT2D eigenvalue weighted by atomic mass is 9.98. The number of carbonyl (C=O) groups is 8. The van der Waals surface area contributed by atoms with E-state index < -0.39 is 104 Å². The van der Waals surface area contributed by atoms with E-state index >= 15 is 0 Å².